The van der Waals surface area contributed by atoms with Crippen molar-refractivity contribution >= 4 is 15.2 Å². The van der Waals surface area contributed by atoms with Gasteiger partial charge in [0.15, 0.2) is 0 Å². The molecule has 0 bridgehead atoms. The van der Waals surface area contributed by atoms with Crippen LogP contribution in [0.4, 0.5) is 0 Å². The molecule has 0 saturated heterocycles. The Bertz CT molecular complexity index is 114. The van der Waals surface area contributed by atoms with Crippen molar-refractivity contribution in [1.29, 1.82) is 0 Å². The molecule has 0 rings (SSSR count). The van der Waals surface area contributed by atoms with E-state index in [4.69, 9.17) is 0 Å². The van der Waals surface area contributed by atoms with Gasteiger partial charge in [-0.15, -0.1) is 6.58 Å². The number of ketones is 1. The summed E-state index contributed by atoms with van der Waals surface area (Å²) in [5, 5.41) is 0. The molecular weight excluding hydrogens is 133 g/mol. The predicted molar refractivity (Wildman–Crippen MR) is 42.2 cm³/mol. The molecule has 0 saturated carbocycles. The molecule has 1 atom stereocenters. The van der Waals surface area contributed by atoms with Crippen molar-refractivity contribution in [2.45, 2.75) is 6.92 Å². The fourth-order valence-electron chi connectivity index (χ4n) is 0.516. The van der Waals surface area contributed by atoms with E-state index in [-0.39, 0.29) is 5.78 Å². The maximum absolute atomic E-state index is 10.4. The van der Waals surface area contributed by atoms with Gasteiger partial charge in [0, 0.05) is 6.54 Å². The quantitative estimate of drug-likeness (QED) is 0.432. The van der Waals surface area contributed by atoms with E-state index in [0.717, 1.165) is 6.54 Å². The largest absolute Gasteiger partial charge is 0.299 e. The van der Waals surface area contributed by atoms with Gasteiger partial charge in [-0.05, 0) is 6.92 Å². The number of nitrogens with zero attached hydrogens (tertiary/aromatic N) is 1. The topological polar surface area (TPSA) is 20.3 Å². The fourth-order valence-corrected chi connectivity index (χ4v) is 0.923. The van der Waals surface area contributed by atoms with Crippen molar-refractivity contribution in [3.63, 3.8) is 0 Å². The maximum Gasteiger partial charge on any atom is 0.144 e. The van der Waals surface area contributed by atoms with E-state index in [1.54, 1.807) is 13.0 Å². The highest BCUT2D eigenvalue weighted by Gasteiger charge is 1.96. The van der Waals surface area contributed by atoms with Crippen LogP contribution in [0.3, 0.4) is 0 Å². The van der Waals surface area contributed by atoms with E-state index >= 15 is 0 Å². The number of carbonyl (C=O) groups is 1. The van der Waals surface area contributed by atoms with Gasteiger partial charge in [-0.1, -0.05) is 15.5 Å². The Kier molecular flexibility index (Phi) is 4.55. The number of hydrogen-bond donors (Lipinski definition) is 0. The molecule has 0 N–H and O–H groups in total. The smallest absolute Gasteiger partial charge is 0.144 e. The summed E-state index contributed by atoms with van der Waals surface area (Å²) in [4.78, 5) is 10.4. The molecular formula is C6H12NOP. The Hall–Kier alpha value is -0.200. The lowest BCUT2D eigenvalue weighted by Crippen LogP contribution is -2.18. The lowest BCUT2D eigenvalue weighted by molar-refractivity contribution is -0.117. The molecule has 0 aliphatic heterocycles. The van der Waals surface area contributed by atoms with Gasteiger partial charge < -0.3 is 0 Å². The van der Waals surface area contributed by atoms with Gasteiger partial charge in [-0.25, -0.2) is 0 Å². The van der Waals surface area contributed by atoms with Crippen LogP contribution in [0.1, 0.15) is 6.92 Å². The zero-order valence-electron chi connectivity index (χ0n) is 5.63. The van der Waals surface area contributed by atoms with Crippen LogP contribution < -0.4 is 0 Å². The predicted octanol–water partition coefficient (Wildman–Crippen LogP) is 0.853. The fraction of sp³-hybridized carbons (Fsp3) is 0.500. The van der Waals surface area contributed by atoms with Crippen LogP contribution in [0.5, 0.6) is 0 Å². The standard InChI is InChI=1S/C6H12NOP/c1-3-4-7(9)5-6(2)8/h3H,1,4-5,9H2,2H3. The third-order valence-corrected chi connectivity index (χ3v) is 1.18. The molecule has 0 radical (unpaired) electrons. The second-order valence-electron chi connectivity index (χ2n) is 1.92. The van der Waals surface area contributed by atoms with Crippen molar-refractivity contribution < 1.29 is 4.79 Å². The molecule has 0 aliphatic rings. The Morgan fingerprint density at radius 3 is 2.78 bits per heavy atom. The Balaban J connectivity index is 3.37. The second-order valence-corrected chi connectivity index (χ2v) is 2.65. The van der Waals surface area contributed by atoms with Gasteiger partial charge >= 0.3 is 0 Å². The Morgan fingerprint density at radius 1 is 1.89 bits per heavy atom. The van der Waals surface area contributed by atoms with Crippen LogP contribution in [0.2, 0.25) is 0 Å². The van der Waals surface area contributed by atoms with E-state index in [0.29, 0.717) is 6.54 Å². The summed E-state index contributed by atoms with van der Waals surface area (Å²) in [5.41, 5.74) is 0. The van der Waals surface area contributed by atoms with E-state index in [9.17, 15) is 4.79 Å². The van der Waals surface area contributed by atoms with Gasteiger partial charge in [-0.2, -0.15) is 0 Å². The maximum atomic E-state index is 10.4. The summed E-state index contributed by atoms with van der Waals surface area (Å²) in [6, 6.07) is 0. The first-order valence-electron chi connectivity index (χ1n) is 2.76. The lowest BCUT2D eigenvalue weighted by Gasteiger charge is -2.09. The molecule has 1 unspecified atom stereocenters. The number of Topliss-reactive ketones (excluding diaryl/α,β-unsaturated/α-hetero) is 1. The minimum atomic E-state index is 0.173. The van der Waals surface area contributed by atoms with Crippen molar-refractivity contribution in [2.24, 2.45) is 0 Å². The summed E-state index contributed by atoms with van der Waals surface area (Å²) in [7, 11) is 2.46. The molecule has 2 nitrogen and oxygen atoms in total. The molecule has 9 heavy (non-hydrogen) atoms. The van der Waals surface area contributed by atoms with Gasteiger partial charge in [0.2, 0.25) is 0 Å². The third-order valence-electron chi connectivity index (χ3n) is 0.789. The molecule has 0 heterocycles. The number of carbonyl (C=O) groups excluding carboxylic acids is 1. The average molecular weight is 145 g/mol. The van der Waals surface area contributed by atoms with E-state index < -0.39 is 0 Å². The first kappa shape index (κ1) is 8.80. The first-order valence-corrected chi connectivity index (χ1v) is 3.28. The SMILES string of the molecule is C=CCN(P)CC(C)=O. The van der Waals surface area contributed by atoms with Crippen LogP contribution in [0.15, 0.2) is 12.7 Å². The van der Waals surface area contributed by atoms with Gasteiger partial charge in [-0.3, -0.25) is 9.46 Å². The molecule has 0 aromatic carbocycles. The minimum absolute atomic E-state index is 0.173. The minimum Gasteiger partial charge on any atom is -0.299 e. The average Bonchev–Trinajstić information content (AvgIpc) is 1.63. The highest BCUT2D eigenvalue weighted by Crippen LogP contribution is 1.96. The molecule has 3 heteroatoms. The lowest BCUT2D eigenvalue weighted by atomic mass is 10.4. The van der Waals surface area contributed by atoms with Crippen LogP contribution in [0, 0.1) is 0 Å². The molecule has 0 aliphatic carbocycles. The van der Waals surface area contributed by atoms with Crippen molar-refractivity contribution in [1.82, 2.24) is 4.67 Å². The summed E-state index contributed by atoms with van der Waals surface area (Å²) in [6.07, 6.45) is 1.76. The summed E-state index contributed by atoms with van der Waals surface area (Å²) < 4.78 is 1.83. The number of rotatable bonds is 4. The normalized spacial score (nSPS) is 9.67. The van der Waals surface area contributed by atoms with Crippen molar-refractivity contribution in [3.05, 3.63) is 12.7 Å². The molecule has 0 fully saturated rings. The van der Waals surface area contributed by atoms with Crippen LogP contribution in [-0.4, -0.2) is 23.5 Å². The van der Waals surface area contributed by atoms with Gasteiger partial charge in [0.25, 0.3) is 0 Å². The first-order chi connectivity index (χ1) is 4.16. The van der Waals surface area contributed by atoms with Crippen LogP contribution in [-0.2, 0) is 4.79 Å². The molecule has 52 valence electrons. The second kappa shape index (κ2) is 4.66. The Labute approximate surface area is 58.2 Å². The van der Waals surface area contributed by atoms with Gasteiger partial charge in [0.05, 0.1) is 6.54 Å². The van der Waals surface area contributed by atoms with E-state index in [1.165, 1.54) is 0 Å². The summed E-state index contributed by atoms with van der Waals surface area (Å²) in [5.74, 6) is 0.173. The van der Waals surface area contributed by atoms with E-state index in [2.05, 4.69) is 16.0 Å². The van der Waals surface area contributed by atoms with Crippen LogP contribution in [0.25, 0.3) is 0 Å². The molecule has 0 aromatic rings. The molecule has 0 spiro atoms. The summed E-state index contributed by atoms with van der Waals surface area (Å²) >= 11 is 0. The highest BCUT2D eigenvalue weighted by molar-refractivity contribution is 7.13. The molecule has 0 aromatic heterocycles. The van der Waals surface area contributed by atoms with Gasteiger partial charge in [0.1, 0.15) is 5.78 Å². The number of hydrogen-bond acceptors (Lipinski definition) is 2. The third kappa shape index (κ3) is 5.67. The Morgan fingerprint density at radius 2 is 2.44 bits per heavy atom. The van der Waals surface area contributed by atoms with Crippen molar-refractivity contribution in [2.75, 3.05) is 13.1 Å². The highest BCUT2D eigenvalue weighted by atomic mass is 31.0. The van der Waals surface area contributed by atoms with Crippen molar-refractivity contribution in [3.8, 4) is 0 Å². The zero-order valence-corrected chi connectivity index (χ0v) is 6.79. The van der Waals surface area contributed by atoms with Crippen LogP contribution >= 0.6 is 9.39 Å². The molecule has 0 amide bonds. The van der Waals surface area contributed by atoms with E-state index in [1.807, 2.05) is 4.67 Å². The monoisotopic (exact) mass is 145 g/mol. The zero-order chi connectivity index (χ0) is 7.28. The summed E-state index contributed by atoms with van der Waals surface area (Å²) in [6.45, 7) is 6.33.